The molecule has 0 aliphatic carbocycles. The summed E-state index contributed by atoms with van der Waals surface area (Å²) in [6.45, 7) is 0. The first kappa shape index (κ1) is 21.0. The van der Waals surface area contributed by atoms with Gasteiger partial charge in [-0.1, -0.05) is 72.1 Å². The molecule has 1 amide bonds. The van der Waals surface area contributed by atoms with Crippen molar-refractivity contribution in [3.8, 4) is 0 Å². The SMILES string of the molecule is O=C1C(=O)N(c2ccc(Br)cc2)[C@@H](c2ccc(Br)cc2)C1=C(O)c1ccc(Br)cc1. The van der Waals surface area contributed by atoms with Gasteiger partial charge in [0.2, 0.25) is 0 Å². The van der Waals surface area contributed by atoms with Crippen LogP contribution in [0.25, 0.3) is 5.76 Å². The Kier molecular flexibility index (Phi) is 5.95. The van der Waals surface area contributed by atoms with Crippen LogP contribution in [0.4, 0.5) is 5.69 Å². The normalized spacial score (nSPS) is 18.1. The lowest BCUT2D eigenvalue weighted by Gasteiger charge is -2.25. The third-order valence-corrected chi connectivity index (χ3v) is 6.44. The maximum Gasteiger partial charge on any atom is 0.300 e. The Morgan fingerprint density at radius 2 is 1.20 bits per heavy atom. The van der Waals surface area contributed by atoms with Crippen LogP contribution in [-0.4, -0.2) is 16.8 Å². The number of hydrogen-bond donors (Lipinski definition) is 1. The molecule has 30 heavy (non-hydrogen) atoms. The number of aliphatic hydroxyl groups is 1. The number of ketones is 1. The van der Waals surface area contributed by atoms with Crippen molar-refractivity contribution in [2.45, 2.75) is 6.04 Å². The number of carbonyl (C=O) groups excluding carboxylic acids is 2. The lowest BCUT2D eigenvalue weighted by Crippen LogP contribution is -2.29. The predicted molar refractivity (Wildman–Crippen MR) is 127 cm³/mol. The predicted octanol–water partition coefficient (Wildman–Crippen LogP) is 6.60. The van der Waals surface area contributed by atoms with Crippen molar-refractivity contribution in [1.29, 1.82) is 0 Å². The van der Waals surface area contributed by atoms with E-state index < -0.39 is 17.7 Å². The Balaban J connectivity index is 1.93. The third kappa shape index (κ3) is 3.89. The molecule has 0 bridgehead atoms. The molecule has 0 saturated carbocycles. The molecule has 3 aromatic carbocycles. The molecule has 1 heterocycles. The van der Waals surface area contributed by atoms with Crippen molar-refractivity contribution >= 4 is 70.9 Å². The van der Waals surface area contributed by atoms with Gasteiger partial charge in [0.05, 0.1) is 11.6 Å². The number of hydrogen-bond acceptors (Lipinski definition) is 3. The standard InChI is InChI=1S/C23H14Br3NO3/c24-15-5-1-13(2-6-15)20-19(21(28)14-3-7-16(25)8-4-14)22(29)23(30)27(20)18-11-9-17(26)10-12-18/h1-12,20,28H/t20-/m0/s1. The van der Waals surface area contributed by atoms with Crippen LogP contribution < -0.4 is 4.90 Å². The minimum atomic E-state index is -0.747. The lowest BCUT2D eigenvalue weighted by atomic mass is 9.95. The molecule has 1 fully saturated rings. The number of carbonyl (C=O) groups is 2. The summed E-state index contributed by atoms with van der Waals surface area (Å²) in [5.41, 5.74) is 1.82. The number of halogens is 3. The fraction of sp³-hybridized carbons (Fsp3) is 0.0435. The highest BCUT2D eigenvalue weighted by Gasteiger charge is 2.46. The van der Waals surface area contributed by atoms with E-state index in [1.54, 1.807) is 36.4 Å². The molecule has 4 rings (SSSR count). The van der Waals surface area contributed by atoms with Gasteiger partial charge in [-0.2, -0.15) is 0 Å². The maximum absolute atomic E-state index is 13.1. The maximum atomic E-state index is 13.1. The molecule has 0 spiro atoms. The molecule has 4 nitrogen and oxygen atoms in total. The smallest absolute Gasteiger partial charge is 0.300 e. The molecule has 3 aromatic rings. The topological polar surface area (TPSA) is 57.6 Å². The van der Waals surface area contributed by atoms with E-state index in [2.05, 4.69) is 47.8 Å². The molecule has 1 N–H and O–H groups in total. The van der Waals surface area contributed by atoms with E-state index in [-0.39, 0.29) is 11.3 Å². The lowest BCUT2D eigenvalue weighted by molar-refractivity contribution is -0.132. The van der Waals surface area contributed by atoms with Crippen molar-refractivity contribution in [3.05, 3.63) is 103 Å². The van der Waals surface area contributed by atoms with Gasteiger partial charge >= 0.3 is 0 Å². The van der Waals surface area contributed by atoms with Gasteiger partial charge in [-0.05, 0) is 54.1 Å². The highest BCUT2D eigenvalue weighted by Crippen LogP contribution is 2.42. The zero-order valence-corrected chi connectivity index (χ0v) is 20.1. The number of rotatable bonds is 3. The minimum absolute atomic E-state index is 0.0626. The van der Waals surface area contributed by atoms with Crippen molar-refractivity contribution in [2.24, 2.45) is 0 Å². The Labute approximate surface area is 198 Å². The second-order valence-corrected chi connectivity index (χ2v) is 9.45. The summed E-state index contributed by atoms with van der Waals surface area (Å²) >= 11 is 10.2. The first-order chi connectivity index (χ1) is 14.4. The van der Waals surface area contributed by atoms with E-state index in [1.165, 1.54) is 4.90 Å². The van der Waals surface area contributed by atoms with Gasteiger partial charge in [-0.15, -0.1) is 0 Å². The Bertz CT molecular complexity index is 1150. The average molecular weight is 592 g/mol. The van der Waals surface area contributed by atoms with E-state index >= 15 is 0 Å². The quantitative estimate of drug-likeness (QED) is 0.212. The van der Waals surface area contributed by atoms with Crippen LogP contribution in [0.15, 0.2) is 91.8 Å². The average Bonchev–Trinajstić information content (AvgIpc) is 3.00. The first-order valence-corrected chi connectivity index (χ1v) is 11.3. The van der Waals surface area contributed by atoms with Gasteiger partial charge in [0.25, 0.3) is 11.7 Å². The molecule has 0 radical (unpaired) electrons. The summed E-state index contributed by atoms with van der Waals surface area (Å²) in [4.78, 5) is 27.5. The number of amides is 1. The number of aliphatic hydroxyl groups excluding tert-OH is 1. The van der Waals surface area contributed by atoms with Crippen molar-refractivity contribution in [1.82, 2.24) is 0 Å². The molecule has 1 atom stereocenters. The van der Waals surface area contributed by atoms with Crippen molar-refractivity contribution in [3.63, 3.8) is 0 Å². The Hall–Kier alpha value is -2.22. The second-order valence-electron chi connectivity index (χ2n) is 6.70. The van der Waals surface area contributed by atoms with Crippen LogP contribution in [0.1, 0.15) is 17.2 Å². The summed E-state index contributed by atoms with van der Waals surface area (Å²) < 4.78 is 2.58. The Morgan fingerprint density at radius 1 is 0.733 bits per heavy atom. The first-order valence-electron chi connectivity index (χ1n) is 8.95. The highest BCUT2D eigenvalue weighted by molar-refractivity contribution is 9.11. The van der Waals surface area contributed by atoms with Crippen LogP contribution >= 0.6 is 47.8 Å². The zero-order chi connectivity index (χ0) is 21.4. The molecule has 0 unspecified atom stereocenters. The zero-order valence-electron chi connectivity index (χ0n) is 15.4. The molecular weight excluding hydrogens is 578 g/mol. The van der Waals surface area contributed by atoms with Crippen LogP contribution in [-0.2, 0) is 9.59 Å². The van der Waals surface area contributed by atoms with Crippen LogP contribution in [0.5, 0.6) is 0 Å². The van der Waals surface area contributed by atoms with Crippen molar-refractivity contribution < 1.29 is 14.7 Å². The van der Waals surface area contributed by atoms with Gasteiger partial charge in [0, 0.05) is 24.7 Å². The second kappa shape index (κ2) is 8.49. The number of benzene rings is 3. The highest BCUT2D eigenvalue weighted by atomic mass is 79.9. The van der Waals surface area contributed by atoms with Crippen LogP contribution in [0.2, 0.25) is 0 Å². The molecule has 1 saturated heterocycles. The fourth-order valence-electron chi connectivity index (χ4n) is 3.42. The molecule has 1 aliphatic rings. The fourth-order valence-corrected chi connectivity index (χ4v) is 4.22. The van der Waals surface area contributed by atoms with Gasteiger partial charge in [0.15, 0.2) is 0 Å². The Morgan fingerprint density at radius 3 is 1.73 bits per heavy atom. The third-order valence-electron chi connectivity index (χ3n) is 4.85. The summed E-state index contributed by atoms with van der Waals surface area (Å²) in [6, 6.07) is 20.7. The van der Waals surface area contributed by atoms with E-state index in [1.807, 2.05) is 36.4 Å². The number of Topliss-reactive ketones (excluding diaryl/α,β-unsaturated/α-hetero) is 1. The van der Waals surface area contributed by atoms with E-state index in [0.29, 0.717) is 11.3 Å². The number of nitrogens with zero attached hydrogens (tertiary/aromatic N) is 1. The summed E-state index contributed by atoms with van der Waals surface area (Å²) in [5, 5.41) is 11.0. The summed E-state index contributed by atoms with van der Waals surface area (Å²) in [5.74, 6) is -1.59. The van der Waals surface area contributed by atoms with E-state index in [0.717, 1.165) is 19.0 Å². The molecule has 0 aromatic heterocycles. The minimum Gasteiger partial charge on any atom is -0.507 e. The van der Waals surface area contributed by atoms with E-state index in [4.69, 9.17) is 0 Å². The van der Waals surface area contributed by atoms with Gasteiger partial charge in [-0.3, -0.25) is 14.5 Å². The summed E-state index contributed by atoms with van der Waals surface area (Å²) in [7, 11) is 0. The molecular formula is C23H14Br3NO3. The number of anilines is 1. The van der Waals surface area contributed by atoms with E-state index in [9.17, 15) is 14.7 Å². The largest absolute Gasteiger partial charge is 0.507 e. The monoisotopic (exact) mass is 589 g/mol. The van der Waals surface area contributed by atoms with Crippen molar-refractivity contribution in [2.75, 3.05) is 4.90 Å². The van der Waals surface area contributed by atoms with Crippen LogP contribution in [0.3, 0.4) is 0 Å². The summed E-state index contributed by atoms with van der Waals surface area (Å²) in [6.07, 6.45) is 0. The molecule has 150 valence electrons. The van der Waals surface area contributed by atoms with Crippen LogP contribution in [0, 0.1) is 0 Å². The molecule has 1 aliphatic heterocycles. The van der Waals surface area contributed by atoms with Gasteiger partial charge in [0.1, 0.15) is 5.76 Å². The van der Waals surface area contributed by atoms with Gasteiger partial charge in [-0.25, -0.2) is 0 Å². The van der Waals surface area contributed by atoms with Gasteiger partial charge < -0.3 is 5.11 Å². The molecule has 7 heteroatoms.